The summed E-state index contributed by atoms with van der Waals surface area (Å²) in [5.74, 6) is 0. The van der Waals surface area contributed by atoms with E-state index in [0.717, 1.165) is 52.4 Å². The molecule has 0 aromatic carbocycles. The first-order valence-corrected chi connectivity index (χ1v) is 7.06. The predicted molar refractivity (Wildman–Crippen MR) is 80.9 cm³/mol. The summed E-state index contributed by atoms with van der Waals surface area (Å²) in [5, 5.41) is 12.8. The van der Waals surface area contributed by atoms with Gasteiger partial charge in [0, 0.05) is 52.4 Å². The molecule has 6 heteroatoms. The van der Waals surface area contributed by atoms with Gasteiger partial charge in [-0.3, -0.25) is 0 Å². The van der Waals surface area contributed by atoms with Crippen LogP contribution in [-0.2, 0) is 0 Å². The molecule has 0 saturated heterocycles. The third-order valence-electron chi connectivity index (χ3n) is 2.10. The fourth-order valence-electron chi connectivity index (χ4n) is 1.18. The molecular weight excluding hydrogens is 228 g/mol. The van der Waals surface area contributed by atoms with Crippen LogP contribution >= 0.6 is 0 Å². The van der Waals surface area contributed by atoms with Gasteiger partial charge in [0.2, 0.25) is 0 Å². The van der Waals surface area contributed by atoms with Crippen LogP contribution in [0.25, 0.3) is 0 Å². The van der Waals surface area contributed by atoms with E-state index >= 15 is 0 Å². The second-order valence-corrected chi connectivity index (χ2v) is 3.78. The molecule has 0 unspecified atom stereocenters. The topological polar surface area (TPSA) is 100 Å². The minimum Gasteiger partial charge on any atom is -0.329 e. The lowest BCUT2D eigenvalue weighted by Crippen LogP contribution is -2.35. The molecule has 0 aromatic heterocycles. The average Bonchev–Trinajstić information content (AvgIpc) is 2.39. The van der Waals surface area contributed by atoms with E-state index in [0.29, 0.717) is 13.1 Å². The van der Waals surface area contributed by atoms with Crippen LogP contribution in [0.4, 0.5) is 0 Å². The van der Waals surface area contributed by atoms with E-state index in [1.807, 2.05) is 0 Å². The molecule has 0 bridgehead atoms. The van der Waals surface area contributed by atoms with E-state index in [9.17, 15) is 0 Å². The SMILES string of the molecule is CCNCC.NCCNCCNCCNCCN. The average molecular weight is 262 g/mol. The van der Waals surface area contributed by atoms with Crippen molar-refractivity contribution in [3.8, 4) is 0 Å². The molecule has 112 valence electrons. The Morgan fingerprint density at radius 3 is 1.11 bits per heavy atom. The molecule has 0 fully saturated rings. The first kappa shape index (κ1) is 20.1. The quantitative estimate of drug-likeness (QED) is 0.234. The van der Waals surface area contributed by atoms with Gasteiger partial charge < -0.3 is 32.7 Å². The highest BCUT2D eigenvalue weighted by molar-refractivity contribution is 4.54. The Morgan fingerprint density at radius 2 is 0.889 bits per heavy atom. The summed E-state index contributed by atoms with van der Waals surface area (Å²) in [6.07, 6.45) is 0. The molecule has 0 aromatic rings. The fraction of sp³-hybridized carbons (Fsp3) is 1.00. The summed E-state index contributed by atoms with van der Waals surface area (Å²) in [5.41, 5.74) is 10.6. The van der Waals surface area contributed by atoms with Crippen LogP contribution in [0.2, 0.25) is 0 Å². The molecule has 8 N–H and O–H groups in total. The zero-order chi connectivity index (χ0) is 13.9. The second-order valence-electron chi connectivity index (χ2n) is 3.78. The molecule has 0 aliphatic heterocycles. The van der Waals surface area contributed by atoms with Gasteiger partial charge in [0.05, 0.1) is 0 Å². The molecule has 0 atom stereocenters. The highest BCUT2D eigenvalue weighted by Crippen LogP contribution is 1.60. The van der Waals surface area contributed by atoms with Crippen molar-refractivity contribution in [2.45, 2.75) is 13.8 Å². The maximum atomic E-state index is 5.32. The van der Waals surface area contributed by atoms with Crippen molar-refractivity contribution < 1.29 is 0 Å². The number of hydrogen-bond donors (Lipinski definition) is 6. The minimum absolute atomic E-state index is 0.706. The molecule has 0 spiro atoms. The van der Waals surface area contributed by atoms with Crippen LogP contribution in [0, 0.1) is 0 Å². The van der Waals surface area contributed by atoms with Crippen molar-refractivity contribution in [2.75, 3.05) is 65.4 Å². The summed E-state index contributed by atoms with van der Waals surface area (Å²) in [4.78, 5) is 0. The highest BCUT2D eigenvalue weighted by atomic mass is 15.0. The first-order valence-electron chi connectivity index (χ1n) is 7.06. The molecule has 18 heavy (non-hydrogen) atoms. The number of nitrogens with two attached hydrogens (primary N) is 2. The van der Waals surface area contributed by atoms with Gasteiger partial charge in [0.15, 0.2) is 0 Å². The second kappa shape index (κ2) is 22.0. The van der Waals surface area contributed by atoms with Gasteiger partial charge in [-0.1, -0.05) is 13.8 Å². The van der Waals surface area contributed by atoms with Gasteiger partial charge in [-0.2, -0.15) is 0 Å². The lowest BCUT2D eigenvalue weighted by Gasteiger charge is -2.06. The van der Waals surface area contributed by atoms with Gasteiger partial charge in [-0.05, 0) is 13.1 Å². The predicted octanol–water partition coefficient (Wildman–Crippen LogP) is -1.71. The first-order chi connectivity index (χ1) is 8.83. The maximum absolute atomic E-state index is 5.32. The molecule has 0 amide bonds. The van der Waals surface area contributed by atoms with E-state index in [4.69, 9.17) is 11.5 Å². The summed E-state index contributed by atoms with van der Waals surface area (Å²) in [6.45, 7) is 13.5. The number of hydrogen-bond acceptors (Lipinski definition) is 6. The lowest BCUT2D eigenvalue weighted by atomic mass is 10.5. The van der Waals surface area contributed by atoms with Crippen LogP contribution in [-0.4, -0.2) is 65.4 Å². The highest BCUT2D eigenvalue weighted by Gasteiger charge is 1.87. The monoisotopic (exact) mass is 262 g/mol. The Labute approximate surface area is 113 Å². The van der Waals surface area contributed by atoms with E-state index in [1.54, 1.807) is 0 Å². The van der Waals surface area contributed by atoms with E-state index in [1.165, 1.54) is 0 Å². The Kier molecular flexibility index (Phi) is 24.5. The van der Waals surface area contributed by atoms with Gasteiger partial charge in [0.25, 0.3) is 0 Å². The van der Waals surface area contributed by atoms with E-state index in [-0.39, 0.29) is 0 Å². The molecule has 0 rings (SSSR count). The number of rotatable bonds is 12. The van der Waals surface area contributed by atoms with Crippen molar-refractivity contribution in [2.24, 2.45) is 11.5 Å². The van der Waals surface area contributed by atoms with Crippen molar-refractivity contribution in [3.05, 3.63) is 0 Å². The summed E-state index contributed by atoms with van der Waals surface area (Å²) < 4.78 is 0. The minimum atomic E-state index is 0.706. The summed E-state index contributed by atoms with van der Waals surface area (Å²) in [6, 6.07) is 0. The maximum Gasteiger partial charge on any atom is 0.00772 e. The Balaban J connectivity index is 0. The molecular formula is C12H34N6. The summed E-state index contributed by atoms with van der Waals surface area (Å²) in [7, 11) is 0. The van der Waals surface area contributed by atoms with Gasteiger partial charge >= 0.3 is 0 Å². The Bertz CT molecular complexity index is 111. The van der Waals surface area contributed by atoms with Crippen LogP contribution in [0.5, 0.6) is 0 Å². The molecule has 0 heterocycles. The zero-order valence-corrected chi connectivity index (χ0v) is 12.2. The summed E-state index contributed by atoms with van der Waals surface area (Å²) >= 11 is 0. The van der Waals surface area contributed by atoms with Crippen LogP contribution < -0.4 is 32.7 Å². The number of nitrogens with one attached hydrogen (secondary N) is 4. The van der Waals surface area contributed by atoms with Crippen molar-refractivity contribution in [3.63, 3.8) is 0 Å². The third-order valence-corrected chi connectivity index (χ3v) is 2.10. The molecule has 6 nitrogen and oxygen atoms in total. The largest absolute Gasteiger partial charge is 0.329 e. The zero-order valence-electron chi connectivity index (χ0n) is 12.2. The van der Waals surface area contributed by atoms with E-state index < -0.39 is 0 Å². The smallest absolute Gasteiger partial charge is 0.00772 e. The standard InChI is InChI=1S/C8H23N5.C4H11N/c9-1-3-11-5-7-13-8-6-12-4-2-10;1-3-5-4-2/h11-13H,1-10H2;5H,3-4H2,1-2H3. The van der Waals surface area contributed by atoms with Crippen molar-refractivity contribution in [1.29, 1.82) is 0 Å². The van der Waals surface area contributed by atoms with Crippen molar-refractivity contribution >= 4 is 0 Å². The molecule has 0 aliphatic carbocycles. The normalized spacial score (nSPS) is 10.0. The van der Waals surface area contributed by atoms with Gasteiger partial charge in [-0.15, -0.1) is 0 Å². The third kappa shape index (κ3) is 24.8. The molecule has 0 aliphatic rings. The fourth-order valence-corrected chi connectivity index (χ4v) is 1.18. The van der Waals surface area contributed by atoms with Gasteiger partial charge in [0.1, 0.15) is 0 Å². The van der Waals surface area contributed by atoms with Crippen molar-refractivity contribution in [1.82, 2.24) is 21.3 Å². The Hall–Kier alpha value is -0.240. The van der Waals surface area contributed by atoms with Crippen LogP contribution in [0.3, 0.4) is 0 Å². The van der Waals surface area contributed by atoms with Crippen LogP contribution in [0.1, 0.15) is 13.8 Å². The molecule has 0 saturated carbocycles. The Morgan fingerprint density at radius 1 is 0.556 bits per heavy atom. The lowest BCUT2D eigenvalue weighted by molar-refractivity contribution is 0.586. The molecule has 0 radical (unpaired) electrons. The van der Waals surface area contributed by atoms with Crippen LogP contribution in [0.15, 0.2) is 0 Å². The van der Waals surface area contributed by atoms with Gasteiger partial charge in [-0.25, -0.2) is 0 Å². The van der Waals surface area contributed by atoms with E-state index in [2.05, 4.69) is 35.1 Å².